The van der Waals surface area contributed by atoms with Crippen LogP contribution in [0.2, 0.25) is 0 Å². The highest BCUT2D eigenvalue weighted by atomic mass is 16.7. The number of phenols is 2. The summed E-state index contributed by atoms with van der Waals surface area (Å²) in [6.45, 7) is 0.812. The highest BCUT2D eigenvalue weighted by Crippen LogP contribution is 2.46. The van der Waals surface area contributed by atoms with Crippen molar-refractivity contribution in [2.24, 2.45) is 0 Å². The highest BCUT2D eigenvalue weighted by Gasteiger charge is 2.45. The van der Waals surface area contributed by atoms with E-state index in [1.165, 1.54) is 18.2 Å². The smallest absolute Gasteiger partial charge is 0.229 e. The van der Waals surface area contributed by atoms with Gasteiger partial charge in [-0.3, -0.25) is 4.79 Å². The first-order valence-electron chi connectivity index (χ1n) is 11.8. The number of rotatable bonds is 7. The molecule has 2 aliphatic heterocycles. The molecule has 1 fully saturated rings. The van der Waals surface area contributed by atoms with Gasteiger partial charge in [0.2, 0.25) is 6.29 Å². The van der Waals surface area contributed by atoms with Crippen molar-refractivity contribution in [1.29, 1.82) is 0 Å². The minimum Gasteiger partial charge on any atom is -0.508 e. The van der Waals surface area contributed by atoms with Crippen molar-refractivity contribution in [3.63, 3.8) is 0 Å². The van der Waals surface area contributed by atoms with Crippen molar-refractivity contribution in [3.8, 4) is 23.0 Å². The summed E-state index contributed by atoms with van der Waals surface area (Å²) in [7, 11) is 0. The average Bonchev–Trinajstić information content (AvgIpc) is 2.88. The van der Waals surface area contributed by atoms with Crippen LogP contribution in [0.3, 0.4) is 0 Å². The van der Waals surface area contributed by atoms with Gasteiger partial charge in [-0.1, -0.05) is 23.8 Å². The predicted octanol–water partition coefficient (Wildman–Crippen LogP) is 0.464. The Morgan fingerprint density at radius 2 is 1.78 bits per heavy atom. The number of Topliss-reactive ketones (excluding diaryl/α,β-unsaturated/α-hetero) is 1. The molecule has 200 valence electrons. The van der Waals surface area contributed by atoms with Crippen LogP contribution in [0.1, 0.15) is 40.9 Å². The van der Waals surface area contributed by atoms with Crippen molar-refractivity contribution < 1.29 is 54.8 Å². The Bertz CT molecular complexity index is 1160. The van der Waals surface area contributed by atoms with Crippen LogP contribution < -0.4 is 9.47 Å². The number of phenolic OH excluding ortho intramolecular Hbond substituents is 2. The van der Waals surface area contributed by atoms with Crippen LogP contribution >= 0.6 is 0 Å². The molecule has 0 aromatic heterocycles. The van der Waals surface area contributed by atoms with E-state index in [9.17, 15) is 40.5 Å². The van der Waals surface area contributed by atoms with Gasteiger partial charge in [0.1, 0.15) is 59.1 Å². The molecule has 7 N–H and O–H groups in total. The molecule has 4 rings (SSSR count). The SMILES string of the molecule is C/C(=C\Cc1c(O[C@@H]2O[C@H](CO)[C@@H](O)[C@H](O)[C@H]2O)cc(O)c2c1O[C@H](c1ccc(O)cc1)CC2=O)CO. The van der Waals surface area contributed by atoms with E-state index in [2.05, 4.69) is 0 Å². The minimum atomic E-state index is -1.70. The number of ketones is 1. The van der Waals surface area contributed by atoms with Gasteiger partial charge in [-0.25, -0.2) is 0 Å². The number of allylic oxidation sites excluding steroid dienone is 1. The third-order valence-electron chi connectivity index (χ3n) is 6.49. The summed E-state index contributed by atoms with van der Waals surface area (Å²) in [6, 6.07) is 7.32. The molecule has 2 aromatic carbocycles. The van der Waals surface area contributed by atoms with E-state index in [4.69, 9.17) is 14.2 Å². The van der Waals surface area contributed by atoms with Gasteiger partial charge in [0.15, 0.2) is 5.78 Å². The summed E-state index contributed by atoms with van der Waals surface area (Å²) in [4.78, 5) is 13.1. The first-order chi connectivity index (χ1) is 17.6. The van der Waals surface area contributed by atoms with Crippen LogP contribution in [-0.4, -0.2) is 85.4 Å². The Labute approximate surface area is 212 Å². The average molecular weight is 519 g/mol. The fourth-order valence-electron chi connectivity index (χ4n) is 4.32. The topological polar surface area (TPSA) is 186 Å². The first kappa shape index (κ1) is 26.9. The van der Waals surface area contributed by atoms with E-state index < -0.39 is 49.2 Å². The molecule has 0 unspecified atom stereocenters. The van der Waals surface area contributed by atoms with Crippen LogP contribution in [0.4, 0.5) is 0 Å². The zero-order chi connectivity index (χ0) is 26.9. The monoisotopic (exact) mass is 518 g/mol. The third-order valence-corrected chi connectivity index (χ3v) is 6.49. The van der Waals surface area contributed by atoms with E-state index in [1.54, 1.807) is 25.1 Å². The lowest BCUT2D eigenvalue weighted by Crippen LogP contribution is -2.60. The number of carbonyl (C=O) groups excluding carboxylic acids is 1. The van der Waals surface area contributed by atoms with E-state index in [0.717, 1.165) is 0 Å². The van der Waals surface area contributed by atoms with Gasteiger partial charge >= 0.3 is 0 Å². The van der Waals surface area contributed by atoms with E-state index >= 15 is 0 Å². The molecule has 0 aliphatic carbocycles. The molecule has 11 heteroatoms. The summed E-state index contributed by atoms with van der Waals surface area (Å²) in [5.41, 5.74) is 1.47. The Hall–Kier alpha value is -3.19. The Balaban J connectivity index is 1.77. The van der Waals surface area contributed by atoms with Crippen molar-refractivity contribution in [2.75, 3.05) is 13.2 Å². The number of aromatic hydroxyl groups is 2. The molecule has 0 bridgehead atoms. The fraction of sp³-hybridized carbons (Fsp3) is 0.423. The number of aliphatic hydroxyl groups is 5. The van der Waals surface area contributed by atoms with Gasteiger partial charge in [-0.05, 0) is 31.0 Å². The molecule has 6 atom stereocenters. The Morgan fingerprint density at radius 1 is 1.08 bits per heavy atom. The number of hydrogen-bond donors (Lipinski definition) is 7. The normalized spacial score (nSPS) is 27.9. The maximum atomic E-state index is 13.1. The molecule has 2 aromatic rings. The number of fused-ring (bicyclic) bond motifs is 1. The van der Waals surface area contributed by atoms with Gasteiger partial charge in [-0.2, -0.15) is 0 Å². The fourth-order valence-corrected chi connectivity index (χ4v) is 4.32. The molecule has 0 spiro atoms. The zero-order valence-electron chi connectivity index (χ0n) is 20.0. The lowest BCUT2D eigenvalue weighted by molar-refractivity contribution is -0.277. The molecule has 0 saturated carbocycles. The van der Waals surface area contributed by atoms with Crippen LogP contribution in [0.5, 0.6) is 23.0 Å². The first-order valence-corrected chi connectivity index (χ1v) is 11.8. The van der Waals surface area contributed by atoms with Crippen LogP contribution in [0, 0.1) is 0 Å². The van der Waals surface area contributed by atoms with E-state index in [-0.39, 0.29) is 48.0 Å². The molecule has 37 heavy (non-hydrogen) atoms. The Kier molecular flexibility index (Phi) is 8.02. The minimum absolute atomic E-state index is 0.0379. The maximum Gasteiger partial charge on any atom is 0.229 e. The van der Waals surface area contributed by atoms with Gasteiger partial charge in [0, 0.05) is 11.6 Å². The molecule has 2 heterocycles. The molecular formula is C26H30O11. The molecule has 0 radical (unpaired) electrons. The van der Waals surface area contributed by atoms with Gasteiger partial charge in [-0.15, -0.1) is 0 Å². The molecule has 0 amide bonds. The summed E-state index contributed by atoms with van der Waals surface area (Å²) in [5.74, 6) is -0.780. The van der Waals surface area contributed by atoms with Crippen LogP contribution in [0.15, 0.2) is 42.0 Å². The highest BCUT2D eigenvalue weighted by molar-refractivity contribution is 6.03. The molecule has 11 nitrogen and oxygen atoms in total. The van der Waals surface area contributed by atoms with Crippen molar-refractivity contribution >= 4 is 5.78 Å². The largest absolute Gasteiger partial charge is 0.508 e. The number of ether oxygens (including phenoxy) is 3. The maximum absolute atomic E-state index is 13.1. The molecule has 2 aliphatic rings. The molecule has 1 saturated heterocycles. The van der Waals surface area contributed by atoms with Gasteiger partial charge in [0.25, 0.3) is 0 Å². The number of aliphatic hydroxyl groups excluding tert-OH is 5. The van der Waals surface area contributed by atoms with Crippen molar-refractivity contribution in [3.05, 3.63) is 58.7 Å². The van der Waals surface area contributed by atoms with Crippen LogP contribution in [0.25, 0.3) is 0 Å². The van der Waals surface area contributed by atoms with Crippen molar-refractivity contribution in [2.45, 2.75) is 56.6 Å². The van der Waals surface area contributed by atoms with Crippen molar-refractivity contribution in [1.82, 2.24) is 0 Å². The summed E-state index contributed by atoms with van der Waals surface area (Å²) < 4.78 is 17.4. The quantitative estimate of drug-likeness (QED) is 0.253. The molecular weight excluding hydrogens is 488 g/mol. The second-order valence-corrected chi connectivity index (χ2v) is 9.13. The standard InChI is InChI=1S/C26H30O11/c1-12(10-27)2-7-15-19(36-26-24(34)23(33)22(32)20(11-28)37-26)9-17(31)21-16(30)8-18(35-25(15)21)13-3-5-14(29)6-4-13/h2-6,9,18,20,22-24,26-29,31-34H,7-8,10-11H2,1H3/b12-2+/t18-,20+,22+,23-,24+,26+/m0/s1. The lowest BCUT2D eigenvalue weighted by atomic mass is 9.92. The summed E-state index contributed by atoms with van der Waals surface area (Å²) in [5, 5.41) is 69.9. The van der Waals surface area contributed by atoms with Crippen LogP contribution in [-0.2, 0) is 11.2 Å². The third kappa shape index (κ3) is 5.42. The number of hydrogen-bond acceptors (Lipinski definition) is 11. The second-order valence-electron chi connectivity index (χ2n) is 9.13. The lowest BCUT2D eigenvalue weighted by Gasteiger charge is -2.40. The van der Waals surface area contributed by atoms with E-state index in [0.29, 0.717) is 16.7 Å². The zero-order valence-corrected chi connectivity index (χ0v) is 20.0. The summed E-state index contributed by atoms with van der Waals surface area (Å²) >= 11 is 0. The number of benzene rings is 2. The van der Waals surface area contributed by atoms with Gasteiger partial charge < -0.3 is 50.0 Å². The Morgan fingerprint density at radius 3 is 2.43 bits per heavy atom. The second kappa shape index (κ2) is 11.1. The number of carbonyl (C=O) groups is 1. The summed E-state index contributed by atoms with van der Waals surface area (Å²) in [6.07, 6.45) is -6.76. The van der Waals surface area contributed by atoms with E-state index in [1.807, 2.05) is 0 Å². The van der Waals surface area contributed by atoms with Gasteiger partial charge in [0.05, 0.1) is 19.6 Å². The predicted molar refractivity (Wildman–Crippen MR) is 127 cm³/mol.